The van der Waals surface area contributed by atoms with Crippen molar-refractivity contribution in [2.24, 2.45) is 11.3 Å². The zero-order valence-corrected chi connectivity index (χ0v) is 10.8. The third-order valence-corrected chi connectivity index (χ3v) is 5.04. The Bertz CT molecular complexity index is 377. The molecule has 3 fully saturated rings. The summed E-state index contributed by atoms with van der Waals surface area (Å²) >= 11 is 0. The first-order valence-corrected chi connectivity index (χ1v) is 6.59. The summed E-state index contributed by atoms with van der Waals surface area (Å²) in [6.07, 6.45) is 0.372. The van der Waals surface area contributed by atoms with Crippen molar-refractivity contribution in [3.05, 3.63) is 0 Å². The highest BCUT2D eigenvalue weighted by molar-refractivity contribution is 5.86. The van der Waals surface area contributed by atoms with Crippen molar-refractivity contribution < 1.29 is 18.3 Å². The molecule has 18 heavy (non-hydrogen) atoms. The Morgan fingerprint density at radius 3 is 2.17 bits per heavy atom. The van der Waals surface area contributed by atoms with E-state index < -0.39 is 11.3 Å². The first-order valence-electron chi connectivity index (χ1n) is 6.59. The molecule has 0 atom stereocenters. The fourth-order valence-corrected chi connectivity index (χ4v) is 3.44. The Morgan fingerprint density at radius 1 is 1.28 bits per heavy atom. The van der Waals surface area contributed by atoms with Crippen molar-refractivity contribution >= 4 is 5.91 Å². The van der Waals surface area contributed by atoms with Gasteiger partial charge in [0.15, 0.2) is 0 Å². The number of hydrogen-bond acceptors (Lipinski definition) is 2. The van der Waals surface area contributed by atoms with Crippen LogP contribution in [0.5, 0.6) is 0 Å². The van der Waals surface area contributed by atoms with Crippen molar-refractivity contribution in [3.8, 4) is 0 Å². The maximum absolute atomic E-state index is 13.2. The maximum atomic E-state index is 13.2. The molecule has 1 spiro atoms. The quantitative estimate of drug-likeness (QED) is 0.759. The van der Waals surface area contributed by atoms with E-state index in [1.807, 2.05) is 13.8 Å². The lowest BCUT2D eigenvalue weighted by molar-refractivity contribution is -0.233. The molecule has 0 aromatic carbocycles. The minimum absolute atomic E-state index is 0.0386. The molecule has 102 valence electrons. The molecule has 5 heteroatoms. The van der Waals surface area contributed by atoms with E-state index in [1.165, 1.54) is 0 Å². The smallest absolute Gasteiger partial charge is 0.250 e. The van der Waals surface area contributed by atoms with E-state index in [2.05, 4.69) is 0 Å². The highest BCUT2D eigenvalue weighted by atomic mass is 19.3. The van der Waals surface area contributed by atoms with E-state index in [9.17, 15) is 13.6 Å². The Hall–Kier alpha value is -0.710. The topological polar surface area (TPSA) is 29.5 Å². The summed E-state index contributed by atoms with van der Waals surface area (Å²) in [5.41, 5.74) is -0.990. The molecule has 0 radical (unpaired) electrons. The lowest BCUT2D eigenvalue weighted by Gasteiger charge is -2.61. The number of ether oxygens (including phenoxy) is 1. The average molecular weight is 259 g/mol. The van der Waals surface area contributed by atoms with Crippen LogP contribution >= 0.6 is 0 Å². The predicted molar refractivity (Wildman–Crippen MR) is 61.3 cm³/mol. The first kappa shape index (κ1) is 12.3. The molecule has 3 rings (SSSR count). The largest absolute Gasteiger partial charge is 0.376 e. The van der Waals surface area contributed by atoms with Crippen LogP contribution in [0.2, 0.25) is 0 Å². The van der Waals surface area contributed by atoms with Crippen LogP contribution in [0.15, 0.2) is 0 Å². The second-order valence-electron chi connectivity index (χ2n) is 6.44. The van der Waals surface area contributed by atoms with Crippen LogP contribution in [0.4, 0.5) is 8.78 Å². The summed E-state index contributed by atoms with van der Waals surface area (Å²) in [6.45, 7) is 5.59. The Kier molecular flexibility index (Phi) is 2.35. The molecular weight excluding hydrogens is 240 g/mol. The lowest BCUT2D eigenvalue weighted by atomic mass is 9.58. The fraction of sp³-hybridized carbons (Fsp3) is 0.923. The number of hydrogen-bond donors (Lipinski definition) is 0. The molecule has 3 aliphatic rings. The van der Waals surface area contributed by atoms with Gasteiger partial charge < -0.3 is 9.64 Å². The van der Waals surface area contributed by atoms with Gasteiger partial charge in [0.1, 0.15) is 0 Å². The summed E-state index contributed by atoms with van der Waals surface area (Å²) in [7, 11) is 0. The number of nitrogens with zero attached hydrogens (tertiary/aromatic N) is 1. The van der Waals surface area contributed by atoms with Crippen LogP contribution in [0.25, 0.3) is 0 Å². The molecule has 2 saturated heterocycles. The molecule has 1 saturated carbocycles. The number of alkyl halides is 2. The monoisotopic (exact) mass is 259 g/mol. The summed E-state index contributed by atoms with van der Waals surface area (Å²) in [4.78, 5) is 14.4. The fourth-order valence-electron chi connectivity index (χ4n) is 3.44. The van der Waals surface area contributed by atoms with E-state index in [4.69, 9.17) is 4.74 Å². The van der Waals surface area contributed by atoms with Gasteiger partial charge in [-0.1, -0.05) is 13.8 Å². The third-order valence-electron chi connectivity index (χ3n) is 5.04. The maximum Gasteiger partial charge on any atom is 0.250 e. The minimum Gasteiger partial charge on any atom is -0.376 e. The van der Waals surface area contributed by atoms with Crippen LogP contribution in [0, 0.1) is 11.3 Å². The number of carbonyl (C=O) groups is 1. The highest BCUT2D eigenvalue weighted by Gasteiger charge is 2.66. The van der Waals surface area contributed by atoms with Gasteiger partial charge >= 0.3 is 0 Å². The number of amides is 1. The Balaban J connectivity index is 1.78. The van der Waals surface area contributed by atoms with Gasteiger partial charge in [0, 0.05) is 19.4 Å². The minimum atomic E-state index is -2.66. The van der Waals surface area contributed by atoms with Crippen LogP contribution in [0.1, 0.15) is 33.1 Å². The summed E-state index contributed by atoms with van der Waals surface area (Å²) in [5.74, 6) is -2.77. The molecule has 0 bridgehead atoms. The van der Waals surface area contributed by atoms with Gasteiger partial charge in [0.05, 0.1) is 24.2 Å². The van der Waals surface area contributed by atoms with Crippen molar-refractivity contribution in [2.75, 3.05) is 19.8 Å². The van der Waals surface area contributed by atoms with E-state index >= 15 is 0 Å². The number of rotatable bonds is 2. The van der Waals surface area contributed by atoms with Crippen molar-refractivity contribution in [3.63, 3.8) is 0 Å². The highest BCUT2D eigenvalue weighted by Crippen LogP contribution is 2.58. The van der Waals surface area contributed by atoms with Crippen molar-refractivity contribution in [1.82, 2.24) is 4.90 Å². The molecule has 2 heterocycles. The SMILES string of the molecule is CC(C)C1(C(=O)N2CCC23COC3)CC(F)(F)C1. The van der Waals surface area contributed by atoms with E-state index in [0.29, 0.717) is 19.8 Å². The van der Waals surface area contributed by atoms with Crippen LogP contribution in [-0.2, 0) is 9.53 Å². The number of halogens is 2. The predicted octanol–water partition coefficient (Wildman–Crippen LogP) is 2.06. The summed E-state index contributed by atoms with van der Waals surface area (Å²) in [5, 5.41) is 0. The van der Waals surface area contributed by atoms with E-state index in [0.717, 1.165) is 6.42 Å². The van der Waals surface area contributed by atoms with Crippen molar-refractivity contribution in [1.29, 1.82) is 0 Å². The lowest BCUT2D eigenvalue weighted by Crippen LogP contribution is -2.75. The second kappa shape index (κ2) is 3.44. The van der Waals surface area contributed by atoms with Gasteiger partial charge in [-0.15, -0.1) is 0 Å². The van der Waals surface area contributed by atoms with E-state index in [1.54, 1.807) is 4.90 Å². The second-order valence-corrected chi connectivity index (χ2v) is 6.44. The van der Waals surface area contributed by atoms with Gasteiger partial charge in [0.2, 0.25) is 11.8 Å². The molecule has 2 aliphatic heterocycles. The molecule has 1 aliphatic carbocycles. The summed E-state index contributed by atoms with van der Waals surface area (Å²) in [6, 6.07) is 0. The number of likely N-dealkylation sites (tertiary alicyclic amines) is 1. The molecule has 3 nitrogen and oxygen atoms in total. The van der Waals surface area contributed by atoms with Crippen LogP contribution < -0.4 is 0 Å². The molecule has 0 aromatic heterocycles. The molecule has 1 amide bonds. The average Bonchev–Trinajstić information content (AvgIpc) is 2.08. The van der Waals surface area contributed by atoms with Crippen LogP contribution in [-0.4, -0.2) is 42.0 Å². The molecule has 0 N–H and O–H groups in total. The van der Waals surface area contributed by atoms with Crippen LogP contribution in [0.3, 0.4) is 0 Å². The zero-order valence-electron chi connectivity index (χ0n) is 10.8. The van der Waals surface area contributed by atoms with Gasteiger partial charge in [-0.25, -0.2) is 8.78 Å². The Morgan fingerprint density at radius 2 is 1.89 bits per heavy atom. The van der Waals surface area contributed by atoms with Gasteiger partial charge in [-0.05, 0) is 12.3 Å². The Labute approximate surface area is 105 Å². The van der Waals surface area contributed by atoms with Gasteiger partial charge in [-0.3, -0.25) is 4.79 Å². The first-order chi connectivity index (χ1) is 8.31. The normalized spacial score (nSPS) is 30.6. The van der Waals surface area contributed by atoms with E-state index in [-0.39, 0.29) is 30.2 Å². The molecule has 0 aromatic rings. The van der Waals surface area contributed by atoms with Crippen molar-refractivity contribution in [2.45, 2.75) is 44.6 Å². The van der Waals surface area contributed by atoms with Gasteiger partial charge in [0.25, 0.3) is 0 Å². The molecule has 0 unspecified atom stereocenters. The summed E-state index contributed by atoms with van der Waals surface area (Å²) < 4.78 is 31.6. The standard InChI is InChI=1S/C13H19F2NO2/c1-9(2)12(5-13(14,15)6-12)10(17)16-4-3-11(16)7-18-8-11/h9H,3-8H2,1-2H3. The molecular formula is C13H19F2NO2. The van der Waals surface area contributed by atoms with Gasteiger partial charge in [-0.2, -0.15) is 0 Å². The zero-order chi connectivity index (χ0) is 13.2. The third kappa shape index (κ3) is 1.40. The number of carbonyl (C=O) groups excluding carboxylic acids is 1.